The summed E-state index contributed by atoms with van der Waals surface area (Å²) in [5, 5.41) is 7.14. The van der Waals surface area contributed by atoms with Gasteiger partial charge in [0.05, 0.1) is 30.0 Å². The van der Waals surface area contributed by atoms with Gasteiger partial charge in [0.1, 0.15) is 5.82 Å². The van der Waals surface area contributed by atoms with Crippen LogP contribution in [0.2, 0.25) is 0 Å². The normalized spacial score (nSPS) is 17.3. The minimum absolute atomic E-state index is 0.121. The van der Waals surface area contributed by atoms with Gasteiger partial charge in [-0.15, -0.1) is 0 Å². The van der Waals surface area contributed by atoms with E-state index in [9.17, 15) is 22.8 Å². The van der Waals surface area contributed by atoms with Gasteiger partial charge in [0.2, 0.25) is 0 Å². The van der Waals surface area contributed by atoms with Crippen molar-refractivity contribution in [2.75, 3.05) is 11.9 Å². The zero-order valence-corrected chi connectivity index (χ0v) is 22.4. The van der Waals surface area contributed by atoms with Crippen molar-refractivity contribution >= 4 is 17.6 Å². The van der Waals surface area contributed by atoms with E-state index in [1.165, 1.54) is 6.20 Å². The molecule has 2 heterocycles. The topological polar surface area (TPSA) is 73.2 Å². The first-order valence-corrected chi connectivity index (χ1v) is 13.2. The van der Waals surface area contributed by atoms with Gasteiger partial charge in [-0.1, -0.05) is 56.3 Å². The fourth-order valence-corrected chi connectivity index (χ4v) is 4.93. The SMILES string of the molecule is CCOC(=O)c1cccc(CCC(C)(C)CCC(=O)c2cnn3c2N[C@@H](c2ccccc2)C[C@H]3C(F)(F)F)c1. The van der Waals surface area contributed by atoms with E-state index < -0.39 is 18.3 Å². The Balaban J connectivity index is 1.43. The monoisotopic (exact) mass is 541 g/mol. The Morgan fingerprint density at radius 1 is 1.08 bits per heavy atom. The van der Waals surface area contributed by atoms with Crippen molar-refractivity contribution in [1.82, 2.24) is 9.78 Å². The summed E-state index contributed by atoms with van der Waals surface area (Å²) in [7, 11) is 0. The Kier molecular flexibility index (Phi) is 8.47. The van der Waals surface area contributed by atoms with Gasteiger partial charge in [0, 0.05) is 12.8 Å². The van der Waals surface area contributed by atoms with Gasteiger partial charge in [-0.2, -0.15) is 18.3 Å². The Labute approximate surface area is 226 Å². The van der Waals surface area contributed by atoms with Crippen molar-refractivity contribution < 1.29 is 27.5 Å². The maximum atomic E-state index is 14.0. The third-order valence-electron chi connectivity index (χ3n) is 7.30. The molecular weight excluding hydrogens is 507 g/mol. The number of hydrogen-bond acceptors (Lipinski definition) is 5. The lowest BCUT2D eigenvalue weighted by molar-refractivity contribution is -0.173. The van der Waals surface area contributed by atoms with Crippen LogP contribution in [-0.4, -0.2) is 34.3 Å². The summed E-state index contributed by atoms with van der Waals surface area (Å²) in [5.41, 5.74) is 2.21. The molecular formula is C30H34F3N3O3. The molecule has 3 aromatic rings. The highest BCUT2D eigenvalue weighted by Crippen LogP contribution is 2.44. The van der Waals surface area contributed by atoms with E-state index in [1.54, 1.807) is 37.3 Å². The van der Waals surface area contributed by atoms with Gasteiger partial charge in [0.25, 0.3) is 0 Å². The summed E-state index contributed by atoms with van der Waals surface area (Å²) >= 11 is 0. The van der Waals surface area contributed by atoms with Crippen molar-refractivity contribution in [3.63, 3.8) is 0 Å². The van der Waals surface area contributed by atoms with Crippen LogP contribution in [0.15, 0.2) is 60.8 Å². The number of ether oxygens (including phenoxy) is 1. The van der Waals surface area contributed by atoms with Gasteiger partial charge < -0.3 is 10.1 Å². The smallest absolute Gasteiger partial charge is 0.410 e. The average molecular weight is 542 g/mol. The molecule has 1 N–H and O–H groups in total. The first kappa shape index (κ1) is 28.4. The predicted octanol–water partition coefficient (Wildman–Crippen LogP) is 7.34. The number of benzene rings is 2. The summed E-state index contributed by atoms with van der Waals surface area (Å²) < 4.78 is 47.9. The summed E-state index contributed by atoms with van der Waals surface area (Å²) in [5.74, 6) is -0.476. The minimum Gasteiger partial charge on any atom is -0.462 e. The summed E-state index contributed by atoms with van der Waals surface area (Å²) in [4.78, 5) is 25.3. The summed E-state index contributed by atoms with van der Waals surface area (Å²) in [6.45, 7) is 6.19. The first-order chi connectivity index (χ1) is 18.5. The molecule has 0 spiro atoms. The number of nitrogens with one attached hydrogen (secondary N) is 1. The van der Waals surface area contributed by atoms with Gasteiger partial charge in [-0.3, -0.25) is 4.79 Å². The van der Waals surface area contributed by atoms with E-state index in [0.29, 0.717) is 25.0 Å². The van der Waals surface area contributed by atoms with E-state index in [0.717, 1.165) is 22.2 Å². The lowest BCUT2D eigenvalue weighted by atomic mass is 9.81. The molecule has 0 unspecified atom stereocenters. The standard InChI is InChI=1S/C30H34F3N3O3/c1-4-39-28(38)22-12-8-9-20(17-22)13-15-29(2,3)16-14-25(37)23-19-34-36-26(30(31,32)33)18-24(35-27(23)36)21-10-6-5-7-11-21/h5-12,17,19,24,26,35H,4,13-16,18H2,1-3H3/t24-,26+/m1/s1. The number of fused-ring (bicyclic) bond motifs is 1. The van der Waals surface area contributed by atoms with Gasteiger partial charge >= 0.3 is 12.1 Å². The highest BCUT2D eigenvalue weighted by molar-refractivity contribution is 6.00. The van der Waals surface area contributed by atoms with Gasteiger partial charge in [-0.05, 0) is 54.9 Å². The number of esters is 1. The fourth-order valence-electron chi connectivity index (χ4n) is 4.93. The minimum atomic E-state index is -4.50. The molecule has 9 heteroatoms. The number of carbonyl (C=O) groups is 2. The van der Waals surface area contributed by atoms with Crippen molar-refractivity contribution in [2.24, 2.45) is 5.41 Å². The Bertz CT molecular complexity index is 1300. The van der Waals surface area contributed by atoms with Crippen LogP contribution in [0.5, 0.6) is 0 Å². The molecule has 0 bridgehead atoms. The second-order valence-electron chi connectivity index (χ2n) is 10.8. The number of alkyl halides is 3. The number of ketones is 1. The van der Waals surface area contributed by atoms with Crippen molar-refractivity contribution in [3.8, 4) is 0 Å². The molecule has 2 aromatic carbocycles. The van der Waals surface area contributed by atoms with Gasteiger partial charge in [-0.25, -0.2) is 9.48 Å². The molecule has 0 amide bonds. The maximum absolute atomic E-state index is 14.0. The predicted molar refractivity (Wildman–Crippen MR) is 143 cm³/mol. The highest BCUT2D eigenvalue weighted by Gasteiger charge is 2.47. The average Bonchev–Trinajstić information content (AvgIpc) is 3.34. The number of aromatic nitrogens is 2. The first-order valence-electron chi connectivity index (χ1n) is 13.2. The number of carbonyl (C=O) groups excluding carboxylic acids is 2. The molecule has 0 saturated heterocycles. The third-order valence-corrected chi connectivity index (χ3v) is 7.30. The number of aryl methyl sites for hydroxylation is 1. The molecule has 2 atom stereocenters. The molecule has 1 aromatic heterocycles. The zero-order chi connectivity index (χ0) is 28.2. The zero-order valence-electron chi connectivity index (χ0n) is 22.4. The van der Waals surface area contributed by atoms with E-state index in [4.69, 9.17) is 4.74 Å². The van der Waals surface area contributed by atoms with E-state index in [2.05, 4.69) is 24.3 Å². The molecule has 39 heavy (non-hydrogen) atoms. The van der Waals surface area contributed by atoms with Gasteiger partial charge in [0.15, 0.2) is 11.8 Å². The van der Waals surface area contributed by atoms with Crippen LogP contribution in [0.25, 0.3) is 0 Å². The lowest BCUT2D eigenvalue weighted by Gasteiger charge is -2.34. The van der Waals surface area contributed by atoms with Crippen LogP contribution < -0.4 is 5.32 Å². The van der Waals surface area contributed by atoms with E-state index >= 15 is 0 Å². The van der Waals surface area contributed by atoms with Crippen LogP contribution >= 0.6 is 0 Å². The lowest BCUT2D eigenvalue weighted by Crippen LogP contribution is -2.36. The Morgan fingerprint density at radius 3 is 2.51 bits per heavy atom. The number of hydrogen-bond donors (Lipinski definition) is 1. The van der Waals surface area contributed by atoms with Crippen LogP contribution in [0.1, 0.15) is 90.4 Å². The van der Waals surface area contributed by atoms with Crippen LogP contribution in [0.4, 0.5) is 19.0 Å². The van der Waals surface area contributed by atoms with E-state index in [-0.39, 0.29) is 41.4 Å². The number of anilines is 1. The largest absolute Gasteiger partial charge is 0.462 e. The number of halogens is 3. The van der Waals surface area contributed by atoms with E-state index in [1.807, 2.05) is 24.3 Å². The number of Topliss-reactive ketones (excluding diaryl/α,β-unsaturated/α-hetero) is 1. The summed E-state index contributed by atoms with van der Waals surface area (Å²) in [6, 6.07) is 13.9. The number of nitrogens with zero attached hydrogens (tertiary/aromatic N) is 2. The Hall–Kier alpha value is -3.62. The van der Waals surface area contributed by atoms with Crippen molar-refractivity contribution in [3.05, 3.63) is 83.0 Å². The molecule has 1 aliphatic heterocycles. The quantitative estimate of drug-likeness (QED) is 0.215. The molecule has 4 rings (SSSR count). The highest BCUT2D eigenvalue weighted by atomic mass is 19.4. The van der Waals surface area contributed by atoms with Crippen molar-refractivity contribution in [2.45, 2.75) is 71.1 Å². The van der Waals surface area contributed by atoms with Crippen LogP contribution in [-0.2, 0) is 11.2 Å². The van der Waals surface area contributed by atoms with Crippen molar-refractivity contribution in [1.29, 1.82) is 0 Å². The summed E-state index contributed by atoms with van der Waals surface area (Å²) in [6.07, 6.45) is -1.23. The molecule has 6 nitrogen and oxygen atoms in total. The second kappa shape index (κ2) is 11.6. The second-order valence-corrected chi connectivity index (χ2v) is 10.8. The number of rotatable bonds is 10. The molecule has 1 aliphatic rings. The molecule has 208 valence electrons. The maximum Gasteiger partial charge on any atom is 0.410 e. The Morgan fingerprint density at radius 2 is 1.82 bits per heavy atom. The molecule has 0 saturated carbocycles. The molecule has 0 aliphatic carbocycles. The third kappa shape index (κ3) is 6.88. The van der Waals surface area contributed by atoms with Crippen LogP contribution in [0, 0.1) is 5.41 Å². The molecule has 0 fully saturated rings. The molecule has 0 radical (unpaired) electrons. The van der Waals surface area contributed by atoms with Crippen LogP contribution in [0.3, 0.4) is 0 Å². The fraction of sp³-hybridized carbons (Fsp3) is 0.433.